The molecule has 1 N–H and O–H groups in total. The smallest absolute Gasteiger partial charge is 0.323 e. The van der Waals surface area contributed by atoms with Gasteiger partial charge in [0.2, 0.25) is 0 Å². The molecule has 1 heterocycles. The Bertz CT molecular complexity index is 387. The molecule has 2 fully saturated rings. The van der Waals surface area contributed by atoms with Crippen molar-refractivity contribution in [2.24, 2.45) is 5.92 Å². The van der Waals surface area contributed by atoms with Crippen molar-refractivity contribution >= 4 is 11.9 Å². The second kappa shape index (κ2) is 6.77. The Morgan fingerprint density at radius 3 is 2.24 bits per heavy atom. The molecule has 21 heavy (non-hydrogen) atoms. The van der Waals surface area contributed by atoms with Crippen LogP contribution >= 0.6 is 0 Å². The standard InChI is InChI=1S/C16H29N3O2/c1-4-6-10-18(11-7-5-2)12-19-14(20)16(3,13-8-9-13)17-15(19)21/h13H,4-12H2,1-3H3,(H,17,21). The van der Waals surface area contributed by atoms with Crippen molar-refractivity contribution in [3.63, 3.8) is 0 Å². The van der Waals surface area contributed by atoms with Gasteiger partial charge in [-0.1, -0.05) is 26.7 Å². The van der Waals surface area contributed by atoms with E-state index in [-0.39, 0.29) is 11.9 Å². The second-order valence-corrected chi connectivity index (χ2v) is 6.61. The zero-order chi connectivity index (χ0) is 15.5. The molecule has 0 bridgehead atoms. The van der Waals surface area contributed by atoms with Gasteiger partial charge in [0.15, 0.2) is 0 Å². The minimum Gasteiger partial charge on any atom is -0.323 e. The predicted octanol–water partition coefficient (Wildman–Crippen LogP) is 2.57. The quantitative estimate of drug-likeness (QED) is 0.665. The van der Waals surface area contributed by atoms with Crippen LogP contribution in [-0.2, 0) is 4.79 Å². The molecule has 1 saturated carbocycles. The van der Waals surface area contributed by atoms with E-state index in [4.69, 9.17) is 0 Å². The lowest BCUT2D eigenvalue weighted by Crippen LogP contribution is -2.47. The van der Waals surface area contributed by atoms with Gasteiger partial charge in [0.1, 0.15) is 5.54 Å². The number of hydrogen-bond donors (Lipinski definition) is 1. The van der Waals surface area contributed by atoms with E-state index in [1.807, 2.05) is 6.92 Å². The first-order valence-electron chi connectivity index (χ1n) is 8.39. The number of carbonyl (C=O) groups is 2. The monoisotopic (exact) mass is 295 g/mol. The highest BCUT2D eigenvalue weighted by atomic mass is 16.2. The van der Waals surface area contributed by atoms with Gasteiger partial charge >= 0.3 is 6.03 Å². The Morgan fingerprint density at radius 1 is 1.19 bits per heavy atom. The van der Waals surface area contributed by atoms with Crippen molar-refractivity contribution in [3.05, 3.63) is 0 Å². The molecule has 1 atom stereocenters. The highest BCUT2D eigenvalue weighted by molar-refractivity contribution is 6.07. The molecular formula is C16H29N3O2. The molecule has 0 aromatic rings. The summed E-state index contributed by atoms with van der Waals surface area (Å²) >= 11 is 0. The van der Waals surface area contributed by atoms with Gasteiger partial charge in [-0.2, -0.15) is 0 Å². The Kier molecular flexibility index (Phi) is 5.25. The zero-order valence-corrected chi connectivity index (χ0v) is 13.7. The highest BCUT2D eigenvalue weighted by Crippen LogP contribution is 2.42. The van der Waals surface area contributed by atoms with Crippen LogP contribution in [0.25, 0.3) is 0 Å². The number of nitrogens with zero attached hydrogens (tertiary/aromatic N) is 2. The molecule has 5 heteroatoms. The Hall–Kier alpha value is -1.10. The zero-order valence-electron chi connectivity index (χ0n) is 13.7. The average molecular weight is 295 g/mol. The minimum absolute atomic E-state index is 0.0343. The van der Waals surface area contributed by atoms with Gasteiger partial charge in [-0.15, -0.1) is 0 Å². The molecule has 1 aliphatic heterocycles. The molecule has 1 unspecified atom stereocenters. The number of imide groups is 1. The highest BCUT2D eigenvalue weighted by Gasteiger charge is 2.56. The molecule has 2 rings (SSSR count). The van der Waals surface area contributed by atoms with Crippen LogP contribution in [-0.4, -0.2) is 47.0 Å². The van der Waals surface area contributed by atoms with Gasteiger partial charge in [-0.05, 0) is 51.6 Å². The SMILES string of the molecule is CCCCN(CCCC)CN1C(=O)NC(C)(C2CC2)C1=O. The number of carbonyl (C=O) groups excluding carboxylic acids is 2. The average Bonchev–Trinajstić information content (AvgIpc) is 3.27. The summed E-state index contributed by atoms with van der Waals surface area (Å²) in [6.45, 7) is 8.55. The third kappa shape index (κ3) is 3.57. The summed E-state index contributed by atoms with van der Waals surface area (Å²) in [6, 6.07) is -0.215. The van der Waals surface area contributed by atoms with Crippen LogP contribution in [0.5, 0.6) is 0 Å². The van der Waals surface area contributed by atoms with Gasteiger partial charge in [0.25, 0.3) is 5.91 Å². The summed E-state index contributed by atoms with van der Waals surface area (Å²) < 4.78 is 0. The van der Waals surface area contributed by atoms with E-state index in [9.17, 15) is 9.59 Å². The van der Waals surface area contributed by atoms with Crippen molar-refractivity contribution in [3.8, 4) is 0 Å². The first kappa shape index (κ1) is 16.3. The van der Waals surface area contributed by atoms with Crippen molar-refractivity contribution < 1.29 is 9.59 Å². The van der Waals surface area contributed by atoms with E-state index >= 15 is 0 Å². The minimum atomic E-state index is -0.654. The van der Waals surface area contributed by atoms with Crippen LogP contribution in [0.4, 0.5) is 4.79 Å². The van der Waals surface area contributed by atoms with E-state index in [1.54, 1.807) is 0 Å². The summed E-state index contributed by atoms with van der Waals surface area (Å²) in [5.74, 6) is 0.298. The van der Waals surface area contributed by atoms with Gasteiger partial charge in [0, 0.05) is 0 Å². The Balaban J connectivity index is 1.98. The van der Waals surface area contributed by atoms with Crippen molar-refractivity contribution in [1.29, 1.82) is 0 Å². The summed E-state index contributed by atoms with van der Waals surface area (Å²) in [6.07, 6.45) is 6.56. The summed E-state index contributed by atoms with van der Waals surface area (Å²) in [4.78, 5) is 28.5. The van der Waals surface area contributed by atoms with Crippen LogP contribution < -0.4 is 5.32 Å². The summed E-state index contributed by atoms with van der Waals surface area (Å²) in [5, 5.41) is 2.92. The van der Waals surface area contributed by atoms with Crippen LogP contribution in [0.2, 0.25) is 0 Å². The maximum absolute atomic E-state index is 12.6. The molecule has 0 aromatic carbocycles. The second-order valence-electron chi connectivity index (χ2n) is 6.61. The molecule has 0 radical (unpaired) electrons. The third-order valence-corrected chi connectivity index (χ3v) is 4.69. The predicted molar refractivity (Wildman–Crippen MR) is 82.8 cm³/mol. The van der Waals surface area contributed by atoms with E-state index in [0.29, 0.717) is 12.6 Å². The largest absolute Gasteiger partial charge is 0.326 e. The van der Waals surface area contributed by atoms with Crippen LogP contribution in [0.15, 0.2) is 0 Å². The van der Waals surface area contributed by atoms with Gasteiger partial charge in [-0.3, -0.25) is 9.69 Å². The van der Waals surface area contributed by atoms with Crippen LogP contribution in [0.1, 0.15) is 59.3 Å². The van der Waals surface area contributed by atoms with E-state index in [0.717, 1.165) is 51.6 Å². The maximum atomic E-state index is 12.6. The lowest BCUT2D eigenvalue weighted by Gasteiger charge is -2.27. The van der Waals surface area contributed by atoms with Crippen molar-refractivity contribution in [1.82, 2.24) is 15.1 Å². The first-order chi connectivity index (χ1) is 10.0. The number of unbranched alkanes of at least 4 members (excludes halogenated alkanes) is 2. The topological polar surface area (TPSA) is 52.6 Å². The van der Waals surface area contributed by atoms with E-state index < -0.39 is 5.54 Å². The lowest BCUT2D eigenvalue weighted by molar-refractivity contribution is -0.133. The van der Waals surface area contributed by atoms with Gasteiger partial charge < -0.3 is 5.32 Å². The summed E-state index contributed by atoms with van der Waals surface area (Å²) in [5.41, 5.74) is -0.654. The molecule has 1 saturated heterocycles. The fourth-order valence-corrected chi connectivity index (χ4v) is 3.00. The maximum Gasteiger partial charge on any atom is 0.326 e. The number of rotatable bonds is 9. The fraction of sp³-hybridized carbons (Fsp3) is 0.875. The number of nitrogens with one attached hydrogen (secondary N) is 1. The molecule has 2 aliphatic rings. The number of hydrogen-bond acceptors (Lipinski definition) is 3. The lowest BCUT2D eigenvalue weighted by atomic mass is 9.96. The van der Waals surface area contributed by atoms with Crippen LogP contribution in [0.3, 0.4) is 0 Å². The summed E-state index contributed by atoms with van der Waals surface area (Å²) in [7, 11) is 0. The first-order valence-corrected chi connectivity index (χ1v) is 8.39. The van der Waals surface area contributed by atoms with E-state index in [2.05, 4.69) is 24.1 Å². The number of amides is 3. The Morgan fingerprint density at radius 2 is 1.76 bits per heavy atom. The fourth-order valence-electron chi connectivity index (χ4n) is 3.00. The van der Waals surface area contributed by atoms with E-state index in [1.165, 1.54) is 4.90 Å². The molecule has 0 spiro atoms. The molecule has 3 amide bonds. The molecule has 0 aromatic heterocycles. The molecule has 5 nitrogen and oxygen atoms in total. The third-order valence-electron chi connectivity index (χ3n) is 4.69. The molecule has 1 aliphatic carbocycles. The van der Waals surface area contributed by atoms with Crippen molar-refractivity contribution in [2.45, 2.75) is 64.8 Å². The molecule has 120 valence electrons. The normalized spacial score (nSPS) is 25.8. The molecular weight excluding hydrogens is 266 g/mol. The Labute approximate surface area is 128 Å². The number of urea groups is 1. The van der Waals surface area contributed by atoms with Crippen LogP contribution in [0, 0.1) is 5.92 Å². The van der Waals surface area contributed by atoms with Crippen molar-refractivity contribution in [2.75, 3.05) is 19.8 Å². The van der Waals surface area contributed by atoms with Gasteiger partial charge in [0.05, 0.1) is 6.67 Å². The van der Waals surface area contributed by atoms with Gasteiger partial charge in [-0.25, -0.2) is 9.69 Å².